The number of pyridine rings is 1. The molecule has 0 unspecified atom stereocenters. The zero-order valence-corrected chi connectivity index (χ0v) is 15.0. The molecule has 0 saturated carbocycles. The molecule has 134 valence electrons. The van der Waals surface area contributed by atoms with Gasteiger partial charge in [0.25, 0.3) is 5.91 Å². The molecule has 1 fully saturated rings. The Bertz CT molecular complexity index is 932. The Morgan fingerprint density at radius 1 is 1.38 bits per heavy atom. The molecule has 4 heterocycles. The topological polar surface area (TPSA) is 71.0 Å². The maximum absolute atomic E-state index is 13.5. The van der Waals surface area contributed by atoms with Gasteiger partial charge in [-0.15, -0.1) is 11.3 Å². The summed E-state index contributed by atoms with van der Waals surface area (Å²) in [5.74, 6) is 0.127. The second-order valence-electron chi connectivity index (χ2n) is 6.29. The lowest BCUT2D eigenvalue weighted by Gasteiger charge is -2.17. The van der Waals surface area contributed by atoms with Gasteiger partial charge in [0, 0.05) is 12.7 Å². The summed E-state index contributed by atoms with van der Waals surface area (Å²) in [5, 5.41) is 5.09. The number of carbonyl (C=O) groups excluding carboxylic acids is 1. The first-order chi connectivity index (χ1) is 12.6. The highest BCUT2D eigenvalue weighted by Gasteiger charge is 2.29. The van der Waals surface area contributed by atoms with E-state index in [1.807, 2.05) is 36.6 Å². The SMILES string of the molecule is C[C@H](Nc1nc(C(=O)N2CC[C@H](F)C2)c2sccc2n1)c1ccccn1. The Kier molecular flexibility index (Phi) is 4.50. The second-order valence-corrected chi connectivity index (χ2v) is 7.20. The number of thiophene rings is 1. The van der Waals surface area contributed by atoms with Gasteiger partial charge in [0.1, 0.15) is 6.17 Å². The van der Waals surface area contributed by atoms with E-state index in [-0.39, 0.29) is 18.5 Å². The summed E-state index contributed by atoms with van der Waals surface area (Å²) in [7, 11) is 0. The Morgan fingerprint density at radius 3 is 3.00 bits per heavy atom. The number of aromatic nitrogens is 3. The van der Waals surface area contributed by atoms with Crippen molar-refractivity contribution in [2.45, 2.75) is 25.6 Å². The minimum absolute atomic E-state index is 0.114. The van der Waals surface area contributed by atoms with Crippen LogP contribution in [0.3, 0.4) is 0 Å². The fraction of sp³-hybridized carbons (Fsp3) is 0.333. The van der Waals surface area contributed by atoms with E-state index in [0.29, 0.717) is 30.1 Å². The van der Waals surface area contributed by atoms with Gasteiger partial charge < -0.3 is 10.2 Å². The van der Waals surface area contributed by atoms with Gasteiger partial charge in [-0.2, -0.15) is 0 Å². The number of carbonyl (C=O) groups is 1. The first-order valence-corrected chi connectivity index (χ1v) is 9.36. The fourth-order valence-electron chi connectivity index (χ4n) is 3.02. The van der Waals surface area contributed by atoms with Gasteiger partial charge in [0.05, 0.1) is 28.5 Å². The monoisotopic (exact) mass is 371 g/mol. The van der Waals surface area contributed by atoms with E-state index in [1.54, 1.807) is 6.20 Å². The molecular formula is C18H18FN5OS. The Labute approximate surface area is 154 Å². The first-order valence-electron chi connectivity index (χ1n) is 8.48. The molecule has 1 aliphatic heterocycles. The molecule has 0 bridgehead atoms. The van der Waals surface area contributed by atoms with Crippen molar-refractivity contribution in [3.8, 4) is 0 Å². The first kappa shape index (κ1) is 16.8. The lowest BCUT2D eigenvalue weighted by Crippen LogP contribution is -2.30. The number of halogens is 1. The van der Waals surface area contributed by atoms with Crippen LogP contribution in [0.2, 0.25) is 0 Å². The van der Waals surface area contributed by atoms with Crippen molar-refractivity contribution < 1.29 is 9.18 Å². The third kappa shape index (κ3) is 3.24. The highest BCUT2D eigenvalue weighted by Crippen LogP contribution is 2.27. The third-order valence-corrected chi connectivity index (χ3v) is 5.31. The number of amides is 1. The fourth-order valence-corrected chi connectivity index (χ4v) is 3.84. The number of nitrogens with one attached hydrogen (secondary N) is 1. The van der Waals surface area contributed by atoms with Crippen LogP contribution >= 0.6 is 11.3 Å². The zero-order valence-electron chi connectivity index (χ0n) is 14.2. The van der Waals surface area contributed by atoms with Crippen molar-refractivity contribution in [2.75, 3.05) is 18.4 Å². The van der Waals surface area contributed by atoms with Crippen LogP contribution in [0.1, 0.15) is 35.6 Å². The average molecular weight is 371 g/mol. The van der Waals surface area contributed by atoms with Crippen molar-refractivity contribution in [3.05, 3.63) is 47.2 Å². The number of hydrogen-bond donors (Lipinski definition) is 1. The molecule has 0 aliphatic carbocycles. The molecule has 0 aromatic carbocycles. The summed E-state index contributed by atoms with van der Waals surface area (Å²) in [6.45, 7) is 2.51. The standard InChI is InChI=1S/C18H18FN5OS/c1-11(13-4-2-3-7-20-13)21-18-22-14-6-9-26-16(14)15(23-18)17(25)24-8-5-12(19)10-24/h2-4,6-7,9,11-12H,5,8,10H2,1H3,(H,21,22,23)/t11-,12-/m0/s1. The highest BCUT2D eigenvalue weighted by atomic mass is 32.1. The molecule has 2 atom stereocenters. The summed E-state index contributed by atoms with van der Waals surface area (Å²) < 4.78 is 14.2. The summed E-state index contributed by atoms with van der Waals surface area (Å²) in [6.07, 6.45) is 1.15. The van der Waals surface area contributed by atoms with Crippen LogP contribution in [0.4, 0.5) is 10.3 Å². The molecule has 6 nitrogen and oxygen atoms in total. The summed E-state index contributed by atoms with van der Waals surface area (Å²) >= 11 is 1.42. The zero-order chi connectivity index (χ0) is 18.1. The van der Waals surface area contributed by atoms with Crippen LogP contribution in [-0.2, 0) is 0 Å². The van der Waals surface area contributed by atoms with E-state index >= 15 is 0 Å². The Balaban J connectivity index is 1.65. The molecule has 3 aromatic rings. The lowest BCUT2D eigenvalue weighted by molar-refractivity contribution is 0.0779. The van der Waals surface area contributed by atoms with Gasteiger partial charge in [-0.1, -0.05) is 6.07 Å². The molecule has 0 radical (unpaired) electrons. The summed E-state index contributed by atoms with van der Waals surface area (Å²) in [6, 6.07) is 7.43. The maximum Gasteiger partial charge on any atom is 0.274 e. The van der Waals surface area contributed by atoms with Crippen LogP contribution in [0, 0.1) is 0 Å². The average Bonchev–Trinajstić information content (AvgIpc) is 3.30. The summed E-state index contributed by atoms with van der Waals surface area (Å²) in [5.41, 5.74) is 1.89. The highest BCUT2D eigenvalue weighted by molar-refractivity contribution is 7.17. The molecule has 1 amide bonds. The number of nitrogens with zero attached hydrogens (tertiary/aromatic N) is 4. The van der Waals surface area contributed by atoms with E-state index in [0.717, 1.165) is 10.4 Å². The smallest absolute Gasteiger partial charge is 0.274 e. The second kappa shape index (κ2) is 6.95. The van der Waals surface area contributed by atoms with Gasteiger partial charge in [0.2, 0.25) is 5.95 Å². The van der Waals surface area contributed by atoms with Crippen molar-refractivity contribution in [2.24, 2.45) is 0 Å². The minimum atomic E-state index is -0.957. The lowest BCUT2D eigenvalue weighted by atomic mass is 10.2. The van der Waals surface area contributed by atoms with Crippen LogP contribution in [-0.4, -0.2) is 45.0 Å². The van der Waals surface area contributed by atoms with Crippen LogP contribution in [0.25, 0.3) is 10.2 Å². The molecule has 1 N–H and O–H groups in total. The van der Waals surface area contributed by atoms with Gasteiger partial charge >= 0.3 is 0 Å². The Morgan fingerprint density at radius 2 is 2.27 bits per heavy atom. The Hall–Kier alpha value is -2.61. The third-order valence-electron chi connectivity index (χ3n) is 4.40. The molecule has 26 heavy (non-hydrogen) atoms. The van der Waals surface area contributed by atoms with E-state index < -0.39 is 6.17 Å². The number of fused-ring (bicyclic) bond motifs is 1. The van der Waals surface area contributed by atoms with E-state index in [1.165, 1.54) is 16.2 Å². The number of hydrogen-bond acceptors (Lipinski definition) is 6. The molecule has 8 heteroatoms. The largest absolute Gasteiger partial charge is 0.346 e. The van der Waals surface area contributed by atoms with Crippen molar-refractivity contribution in [1.82, 2.24) is 19.9 Å². The number of rotatable bonds is 4. The van der Waals surface area contributed by atoms with E-state index in [9.17, 15) is 9.18 Å². The van der Waals surface area contributed by atoms with Gasteiger partial charge in [-0.3, -0.25) is 9.78 Å². The minimum Gasteiger partial charge on any atom is -0.346 e. The predicted octanol–water partition coefficient (Wildman–Crippen LogP) is 3.44. The molecular weight excluding hydrogens is 353 g/mol. The predicted molar refractivity (Wildman–Crippen MR) is 99.1 cm³/mol. The molecule has 0 spiro atoms. The van der Waals surface area contributed by atoms with Crippen molar-refractivity contribution in [1.29, 1.82) is 0 Å². The molecule has 3 aromatic heterocycles. The van der Waals surface area contributed by atoms with Crippen LogP contribution in [0.15, 0.2) is 35.8 Å². The molecule has 4 rings (SSSR count). The molecule has 1 saturated heterocycles. The van der Waals surface area contributed by atoms with Crippen molar-refractivity contribution in [3.63, 3.8) is 0 Å². The molecule has 1 aliphatic rings. The van der Waals surface area contributed by atoms with Crippen molar-refractivity contribution >= 4 is 33.4 Å². The normalized spacial score (nSPS) is 18.2. The number of likely N-dealkylation sites (tertiary alicyclic amines) is 1. The number of anilines is 1. The van der Waals surface area contributed by atoms with E-state index in [4.69, 9.17) is 0 Å². The van der Waals surface area contributed by atoms with Gasteiger partial charge in [-0.05, 0) is 36.9 Å². The quantitative estimate of drug-likeness (QED) is 0.761. The van der Waals surface area contributed by atoms with E-state index in [2.05, 4.69) is 20.3 Å². The van der Waals surface area contributed by atoms with Crippen LogP contribution in [0.5, 0.6) is 0 Å². The van der Waals surface area contributed by atoms with Gasteiger partial charge in [-0.25, -0.2) is 14.4 Å². The maximum atomic E-state index is 13.5. The van der Waals surface area contributed by atoms with Gasteiger partial charge in [0.15, 0.2) is 5.69 Å². The number of alkyl halides is 1. The summed E-state index contributed by atoms with van der Waals surface area (Å²) in [4.78, 5) is 27.7. The van der Waals surface area contributed by atoms with Crippen LogP contribution < -0.4 is 5.32 Å².